The van der Waals surface area contributed by atoms with Crippen LogP contribution in [0.4, 0.5) is 10.5 Å². The van der Waals surface area contributed by atoms with Crippen molar-refractivity contribution in [3.05, 3.63) is 39.3 Å². The number of likely N-dealkylation sites (tertiary alicyclic amines) is 1. The standard InChI is InChI=1S/C18H22ClN5O3S/c1-27-10-4-8-20-18(26)24-9-3-7-14(24)16-22-23-17(28-16)15(25)21-13-6-2-5-12(19)11-13/h2,5-6,11,14H,3-4,7-10H2,1H3,(H,20,26)(H,21,25)/t14-/m1/s1. The molecular weight excluding hydrogens is 402 g/mol. The molecule has 1 atom stereocenters. The van der Waals surface area contributed by atoms with Gasteiger partial charge in [0.2, 0.25) is 5.01 Å². The predicted molar refractivity (Wildman–Crippen MR) is 108 cm³/mol. The Balaban J connectivity index is 1.61. The number of carbonyl (C=O) groups excluding carboxylic acids is 2. The van der Waals surface area contributed by atoms with Crippen molar-refractivity contribution in [2.24, 2.45) is 0 Å². The lowest BCUT2D eigenvalue weighted by molar-refractivity contribution is 0.102. The number of carbonyl (C=O) groups is 2. The zero-order valence-electron chi connectivity index (χ0n) is 15.5. The average Bonchev–Trinajstić information content (AvgIpc) is 3.34. The van der Waals surface area contributed by atoms with E-state index >= 15 is 0 Å². The number of halogens is 1. The third-order valence-electron chi connectivity index (χ3n) is 4.32. The van der Waals surface area contributed by atoms with Crippen LogP contribution in [0.2, 0.25) is 5.02 Å². The molecule has 1 aliphatic rings. The Labute approximate surface area is 172 Å². The molecule has 1 fully saturated rings. The second kappa shape index (κ2) is 9.81. The quantitative estimate of drug-likeness (QED) is 0.666. The van der Waals surface area contributed by atoms with E-state index in [9.17, 15) is 9.59 Å². The van der Waals surface area contributed by atoms with Crippen LogP contribution in [0.1, 0.15) is 40.1 Å². The van der Waals surface area contributed by atoms with Gasteiger partial charge in [-0.05, 0) is 37.5 Å². The van der Waals surface area contributed by atoms with Crippen LogP contribution in [-0.4, -0.2) is 53.8 Å². The van der Waals surface area contributed by atoms with Gasteiger partial charge in [0.25, 0.3) is 5.91 Å². The summed E-state index contributed by atoms with van der Waals surface area (Å²) >= 11 is 7.14. The SMILES string of the molecule is COCCCNC(=O)N1CCC[C@@H]1c1nnc(C(=O)Nc2cccc(Cl)c2)s1. The fourth-order valence-electron chi connectivity index (χ4n) is 2.99. The normalized spacial score (nSPS) is 16.2. The number of amides is 3. The Morgan fingerprint density at radius 2 is 2.25 bits per heavy atom. The van der Waals surface area contributed by atoms with Gasteiger partial charge in [0.1, 0.15) is 5.01 Å². The smallest absolute Gasteiger partial charge is 0.317 e. The van der Waals surface area contributed by atoms with Crippen molar-refractivity contribution in [1.29, 1.82) is 0 Å². The van der Waals surface area contributed by atoms with Crippen LogP contribution in [0, 0.1) is 0 Å². The molecule has 2 heterocycles. The van der Waals surface area contributed by atoms with Crippen LogP contribution < -0.4 is 10.6 Å². The second-order valence-corrected chi connectivity index (χ2v) is 7.79. The van der Waals surface area contributed by atoms with E-state index in [1.165, 1.54) is 11.3 Å². The molecule has 1 aromatic heterocycles. The maximum atomic E-state index is 12.4. The number of hydrogen-bond acceptors (Lipinski definition) is 6. The van der Waals surface area contributed by atoms with Gasteiger partial charge in [-0.3, -0.25) is 4.79 Å². The molecule has 0 radical (unpaired) electrons. The fourth-order valence-corrected chi connectivity index (χ4v) is 4.07. The maximum Gasteiger partial charge on any atom is 0.317 e. The number of anilines is 1. The zero-order chi connectivity index (χ0) is 19.9. The van der Waals surface area contributed by atoms with Gasteiger partial charge < -0.3 is 20.3 Å². The van der Waals surface area contributed by atoms with Crippen LogP contribution in [0.3, 0.4) is 0 Å². The molecule has 2 aromatic rings. The lowest BCUT2D eigenvalue weighted by Crippen LogP contribution is -2.40. The molecule has 1 aromatic carbocycles. The highest BCUT2D eigenvalue weighted by Crippen LogP contribution is 2.33. The molecule has 0 aliphatic carbocycles. The van der Waals surface area contributed by atoms with Crippen molar-refractivity contribution in [1.82, 2.24) is 20.4 Å². The van der Waals surface area contributed by atoms with Gasteiger partial charge >= 0.3 is 6.03 Å². The number of nitrogens with zero attached hydrogens (tertiary/aromatic N) is 3. The van der Waals surface area contributed by atoms with Gasteiger partial charge in [-0.15, -0.1) is 10.2 Å². The topological polar surface area (TPSA) is 96.4 Å². The van der Waals surface area contributed by atoms with Gasteiger partial charge in [0.05, 0.1) is 6.04 Å². The molecule has 3 amide bonds. The summed E-state index contributed by atoms with van der Waals surface area (Å²) in [6, 6.07) is 6.61. The Bertz CT molecular complexity index is 831. The lowest BCUT2D eigenvalue weighted by atomic mass is 10.2. The van der Waals surface area contributed by atoms with Crippen molar-refractivity contribution < 1.29 is 14.3 Å². The maximum absolute atomic E-state index is 12.4. The van der Waals surface area contributed by atoms with Crippen LogP contribution in [0.5, 0.6) is 0 Å². The van der Waals surface area contributed by atoms with E-state index in [1.807, 2.05) is 0 Å². The number of aromatic nitrogens is 2. The Hall–Kier alpha value is -2.23. The first-order valence-electron chi connectivity index (χ1n) is 9.02. The summed E-state index contributed by atoms with van der Waals surface area (Å²) in [6.07, 6.45) is 2.45. The first-order valence-corrected chi connectivity index (χ1v) is 10.2. The number of urea groups is 1. The van der Waals surface area contributed by atoms with Gasteiger partial charge in [-0.1, -0.05) is 29.0 Å². The van der Waals surface area contributed by atoms with E-state index in [2.05, 4.69) is 20.8 Å². The van der Waals surface area contributed by atoms with Crippen LogP contribution >= 0.6 is 22.9 Å². The molecule has 10 heteroatoms. The highest BCUT2D eigenvalue weighted by molar-refractivity contribution is 7.13. The summed E-state index contributed by atoms with van der Waals surface area (Å²) in [6.45, 7) is 1.81. The summed E-state index contributed by atoms with van der Waals surface area (Å²) in [5.41, 5.74) is 0.590. The summed E-state index contributed by atoms with van der Waals surface area (Å²) in [7, 11) is 1.63. The van der Waals surface area contributed by atoms with Crippen LogP contribution in [0.15, 0.2) is 24.3 Å². The number of benzene rings is 1. The minimum absolute atomic E-state index is 0.126. The van der Waals surface area contributed by atoms with Crippen LogP contribution in [0.25, 0.3) is 0 Å². The summed E-state index contributed by atoms with van der Waals surface area (Å²) in [5.74, 6) is -0.348. The largest absolute Gasteiger partial charge is 0.385 e. The van der Waals surface area contributed by atoms with Crippen LogP contribution in [-0.2, 0) is 4.74 Å². The Morgan fingerprint density at radius 3 is 3.04 bits per heavy atom. The summed E-state index contributed by atoms with van der Waals surface area (Å²) in [4.78, 5) is 26.6. The molecule has 0 bridgehead atoms. The highest BCUT2D eigenvalue weighted by Gasteiger charge is 2.33. The van der Waals surface area contributed by atoms with Gasteiger partial charge in [0, 0.05) is 37.5 Å². The van der Waals surface area contributed by atoms with Crippen molar-refractivity contribution in [3.8, 4) is 0 Å². The zero-order valence-corrected chi connectivity index (χ0v) is 17.1. The van der Waals surface area contributed by atoms with E-state index in [4.69, 9.17) is 16.3 Å². The fraction of sp³-hybridized carbons (Fsp3) is 0.444. The number of rotatable bonds is 7. The highest BCUT2D eigenvalue weighted by atomic mass is 35.5. The number of methoxy groups -OCH3 is 1. The number of ether oxygens (including phenoxy) is 1. The molecule has 0 saturated carbocycles. The lowest BCUT2D eigenvalue weighted by Gasteiger charge is -2.23. The Kier molecular flexibility index (Phi) is 7.18. The molecule has 1 aliphatic heterocycles. The minimum atomic E-state index is -0.348. The van der Waals surface area contributed by atoms with Crippen molar-refractivity contribution in [3.63, 3.8) is 0 Å². The van der Waals surface area contributed by atoms with Crippen molar-refractivity contribution >= 4 is 40.6 Å². The molecule has 150 valence electrons. The number of hydrogen-bond donors (Lipinski definition) is 2. The van der Waals surface area contributed by atoms with E-state index in [0.29, 0.717) is 35.4 Å². The molecule has 28 heavy (non-hydrogen) atoms. The molecule has 1 saturated heterocycles. The van der Waals surface area contributed by atoms with E-state index in [1.54, 1.807) is 36.3 Å². The first kappa shape index (κ1) is 20.5. The number of nitrogens with one attached hydrogen (secondary N) is 2. The molecular formula is C18H22ClN5O3S. The predicted octanol–water partition coefficient (Wildman–Crippen LogP) is 3.33. The van der Waals surface area contributed by atoms with Gasteiger partial charge in [0.15, 0.2) is 0 Å². The van der Waals surface area contributed by atoms with E-state index in [-0.39, 0.29) is 23.0 Å². The molecule has 0 unspecified atom stereocenters. The average molecular weight is 424 g/mol. The second-order valence-electron chi connectivity index (χ2n) is 6.34. The van der Waals surface area contributed by atoms with Gasteiger partial charge in [-0.25, -0.2) is 4.79 Å². The third-order valence-corrected chi connectivity index (χ3v) is 5.58. The third kappa shape index (κ3) is 5.18. The Morgan fingerprint density at radius 1 is 1.39 bits per heavy atom. The molecule has 0 spiro atoms. The van der Waals surface area contributed by atoms with E-state index in [0.717, 1.165) is 19.3 Å². The molecule has 3 rings (SSSR count). The molecule has 8 nitrogen and oxygen atoms in total. The minimum Gasteiger partial charge on any atom is -0.385 e. The van der Waals surface area contributed by atoms with Crippen molar-refractivity contribution in [2.75, 3.05) is 32.1 Å². The van der Waals surface area contributed by atoms with Gasteiger partial charge in [-0.2, -0.15) is 0 Å². The summed E-state index contributed by atoms with van der Waals surface area (Å²) in [5, 5.41) is 15.3. The summed E-state index contributed by atoms with van der Waals surface area (Å²) < 4.78 is 4.99. The monoisotopic (exact) mass is 423 g/mol. The van der Waals surface area contributed by atoms with E-state index < -0.39 is 0 Å². The van der Waals surface area contributed by atoms with Crippen molar-refractivity contribution in [2.45, 2.75) is 25.3 Å². The first-order chi connectivity index (χ1) is 13.6. The molecule has 2 N–H and O–H groups in total.